The van der Waals surface area contributed by atoms with Crippen molar-refractivity contribution < 1.29 is 13.2 Å². The number of hydrogen-bond acceptors (Lipinski definition) is 5. The van der Waals surface area contributed by atoms with Crippen molar-refractivity contribution in [1.82, 2.24) is 10.3 Å². The smallest absolute Gasteiger partial charge is 0.319 e. The van der Waals surface area contributed by atoms with Crippen molar-refractivity contribution in [2.45, 2.75) is 24.2 Å². The maximum Gasteiger partial charge on any atom is 0.319 e. The number of benzene rings is 1. The molecule has 1 aromatic carbocycles. The van der Waals surface area contributed by atoms with E-state index in [0.717, 1.165) is 17.6 Å². The molecular weight excluding hydrogens is 298 g/mol. The summed E-state index contributed by atoms with van der Waals surface area (Å²) in [4.78, 5) is 15.6. The quantitative estimate of drug-likeness (QED) is 0.909. The first-order chi connectivity index (χ1) is 9.25. The zero-order valence-corrected chi connectivity index (χ0v) is 12.9. The Bertz CT molecular complexity index is 750. The lowest BCUT2D eigenvalue weighted by Crippen LogP contribution is -2.34. The Labute approximate surface area is 121 Å². The first kappa shape index (κ1) is 14.7. The molecule has 1 aromatic heterocycles. The molecule has 20 heavy (non-hydrogen) atoms. The normalized spacial score (nSPS) is 11.8. The Morgan fingerprint density at radius 3 is 2.65 bits per heavy atom. The van der Waals surface area contributed by atoms with E-state index in [9.17, 15) is 13.2 Å². The van der Waals surface area contributed by atoms with Crippen LogP contribution in [0.2, 0.25) is 0 Å². The zero-order valence-electron chi connectivity index (χ0n) is 11.3. The van der Waals surface area contributed by atoms with Gasteiger partial charge in [0.2, 0.25) is 14.2 Å². The number of hydrogen-bond donors (Lipinski definition) is 2. The average molecular weight is 313 g/mol. The number of amides is 2. The van der Waals surface area contributed by atoms with E-state index in [1.807, 2.05) is 13.8 Å². The molecule has 2 aromatic rings. The summed E-state index contributed by atoms with van der Waals surface area (Å²) < 4.78 is 23.7. The molecule has 0 radical (unpaired) electrons. The molecule has 0 aliphatic carbocycles. The van der Waals surface area contributed by atoms with Gasteiger partial charge in [-0.25, -0.2) is 18.2 Å². The molecule has 0 fully saturated rings. The van der Waals surface area contributed by atoms with Crippen LogP contribution in [-0.2, 0) is 9.84 Å². The predicted octanol–water partition coefficient (Wildman–Crippen LogP) is 2.23. The minimum atomic E-state index is -3.31. The number of aromatic nitrogens is 1. The molecule has 0 bridgehead atoms. The molecule has 0 aliphatic heterocycles. The first-order valence-electron chi connectivity index (χ1n) is 5.94. The molecule has 0 aliphatic rings. The van der Waals surface area contributed by atoms with Gasteiger partial charge in [0.15, 0.2) is 0 Å². The van der Waals surface area contributed by atoms with E-state index in [1.54, 1.807) is 18.2 Å². The number of nitrogens with zero attached hydrogens (tertiary/aromatic N) is 1. The maximum atomic E-state index is 11.6. The van der Waals surface area contributed by atoms with Gasteiger partial charge in [0.25, 0.3) is 0 Å². The van der Waals surface area contributed by atoms with Crippen molar-refractivity contribution in [1.29, 1.82) is 0 Å². The number of rotatable bonds is 3. The molecule has 2 amide bonds. The second kappa shape index (κ2) is 5.37. The van der Waals surface area contributed by atoms with Crippen LogP contribution in [0.25, 0.3) is 10.2 Å². The highest BCUT2D eigenvalue weighted by Gasteiger charge is 2.14. The van der Waals surface area contributed by atoms with Gasteiger partial charge < -0.3 is 10.6 Å². The van der Waals surface area contributed by atoms with Crippen LogP contribution in [-0.4, -0.2) is 31.7 Å². The van der Waals surface area contributed by atoms with Crippen LogP contribution in [0.3, 0.4) is 0 Å². The van der Waals surface area contributed by atoms with Crippen LogP contribution in [0.1, 0.15) is 13.8 Å². The van der Waals surface area contributed by atoms with Crippen LogP contribution < -0.4 is 10.6 Å². The highest BCUT2D eigenvalue weighted by atomic mass is 32.2. The van der Waals surface area contributed by atoms with Crippen molar-refractivity contribution in [3.05, 3.63) is 18.2 Å². The second-order valence-corrected chi connectivity index (χ2v) is 7.91. The number of anilines is 1. The first-order valence-corrected chi connectivity index (χ1v) is 8.64. The second-order valence-electron chi connectivity index (χ2n) is 4.69. The topological polar surface area (TPSA) is 88.2 Å². The van der Waals surface area contributed by atoms with E-state index in [4.69, 9.17) is 0 Å². The minimum Gasteiger partial charge on any atom is -0.336 e. The lowest BCUT2D eigenvalue weighted by atomic mass is 10.3. The average Bonchev–Trinajstić information content (AvgIpc) is 2.70. The number of sulfone groups is 1. The standard InChI is InChI=1S/C12H15N3O3S2/c1-7(2)13-11(16)14-8-4-5-9-10(6-8)19-12(15-9)20(3,17)18/h4-7H,1-3H3,(H2,13,14,16). The summed E-state index contributed by atoms with van der Waals surface area (Å²) in [7, 11) is -3.31. The van der Waals surface area contributed by atoms with Crippen LogP contribution in [0, 0.1) is 0 Å². The molecule has 8 heteroatoms. The Hall–Kier alpha value is -1.67. The fourth-order valence-electron chi connectivity index (χ4n) is 1.57. The molecule has 0 spiro atoms. The van der Waals surface area contributed by atoms with Crippen molar-refractivity contribution in [2.24, 2.45) is 0 Å². The summed E-state index contributed by atoms with van der Waals surface area (Å²) in [6.07, 6.45) is 1.12. The number of urea groups is 1. The summed E-state index contributed by atoms with van der Waals surface area (Å²) in [6.45, 7) is 3.73. The monoisotopic (exact) mass is 313 g/mol. The molecule has 2 rings (SSSR count). The van der Waals surface area contributed by atoms with Gasteiger partial charge in [-0.1, -0.05) is 0 Å². The van der Waals surface area contributed by atoms with Crippen molar-refractivity contribution in [3.63, 3.8) is 0 Å². The minimum absolute atomic E-state index is 0.0407. The van der Waals surface area contributed by atoms with Crippen molar-refractivity contribution in [3.8, 4) is 0 Å². The third-order valence-electron chi connectivity index (χ3n) is 2.36. The predicted molar refractivity (Wildman–Crippen MR) is 80.0 cm³/mol. The van der Waals surface area contributed by atoms with Gasteiger partial charge in [-0.3, -0.25) is 0 Å². The molecule has 1 heterocycles. The largest absolute Gasteiger partial charge is 0.336 e. The van der Waals surface area contributed by atoms with Gasteiger partial charge in [0.05, 0.1) is 10.2 Å². The van der Waals surface area contributed by atoms with Gasteiger partial charge in [0.1, 0.15) is 0 Å². The molecule has 6 nitrogen and oxygen atoms in total. The summed E-state index contributed by atoms with van der Waals surface area (Å²) in [6, 6.07) is 4.83. The highest BCUT2D eigenvalue weighted by molar-refractivity contribution is 7.92. The van der Waals surface area contributed by atoms with Gasteiger partial charge in [0, 0.05) is 18.0 Å². The van der Waals surface area contributed by atoms with Crippen molar-refractivity contribution >= 4 is 43.1 Å². The summed E-state index contributed by atoms with van der Waals surface area (Å²) in [5.74, 6) is 0. The van der Waals surface area contributed by atoms with Crippen LogP contribution >= 0.6 is 11.3 Å². The summed E-state index contributed by atoms with van der Waals surface area (Å²) in [5, 5.41) is 5.40. The SMILES string of the molecule is CC(C)NC(=O)Nc1ccc2nc(S(C)(=O)=O)sc2c1. The van der Waals surface area contributed by atoms with Gasteiger partial charge in [-0.05, 0) is 32.0 Å². The Balaban J connectivity index is 2.28. The molecule has 108 valence electrons. The molecular formula is C12H15N3O3S2. The summed E-state index contributed by atoms with van der Waals surface area (Å²) in [5.41, 5.74) is 1.20. The Morgan fingerprint density at radius 1 is 1.35 bits per heavy atom. The zero-order chi connectivity index (χ0) is 14.9. The van der Waals surface area contributed by atoms with E-state index in [0.29, 0.717) is 15.9 Å². The molecule has 0 saturated carbocycles. The van der Waals surface area contributed by atoms with E-state index < -0.39 is 9.84 Å². The van der Waals surface area contributed by atoms with E-state index in [-0.39, 0.29) is 16.4 Å². The fourth-order valence-corrected chi connectivity index (χ4v) is 3.44. The van der Waals surface area contributed by atoms with Crippen LogP contribution in [0.4, 0.5) is 10.5 Å². The van der Waals surface area contributed by atoms with Crippen LogP contribution in [0.5, 0.6) is 0 Å². The van der Waals surface area contributed by atoms with Gasteiger partial charge in [-0.2, -0.15) is 0 Å². The van der Waals surface area contributed by atoms with Gasteiger partial charge in [-0.15, -0.1) is 11.3 Å². The molecule has 0 saturated heterocycles. The number of thiazole rings is 1. The number of carbonyl (C=O) groups is 1. The molecule has 0 atom stereocenters. The summed E-state index contributed by atoms with van der Waals surface area (Å²) >= 11 is 1.09. The van der Waals surface area contributed by atoms with E-state index in [2.05, 4.69) is 15.6 Å². The van der Waals surface area contributed by atoms with E-state index >= 15 is 0 Å². The van der Waals surface area contributed by atoms with Crippen molar-refractivity contribution in [2.75, 3.05) is 11.6 Å². The number of fused-ring (bicyclic) bond motifs is 1. The fraction of sp³-hybridized carbons (Fsp3) is 0.333. The lowest BCUT2D eigenvalue weighted by Gasteiger charge is -2.09. The number of nitrogens with one attached hydrogen (secondary N) is 2. The Kier molecular flexibility index (Phi) is 3.96. The molecule has 0 unspecified atom stereocenters. The maximum absolute atomic E-state index is 11.6. The lowest BCUT2D eigenvalue weighted by molar-refractivity contribution is 0.250. The number of carbonyl (C=O) groups excluding carboxylic acids is 1. The highest BCUT2D eigenvalue weighted by Crippen LogP contribution is 2.27. The van der Waals surface area contributed by atoms with Gasteiger partial charge >= 0.3 is 6.03 Å². The molecule has 2 N–H and O–H groups in total. The van der Waals surface area contributed by atoms with E-state index in [1.165, 1.54) is 0 Å². The third kappa shape index (κ3) is 3.45. The Morgan fingerprint density at radius 2 is 2.05 bits per heavy atom. The van der Waals surface area contributed by atoms with Crippen LogP contribution in [0.15, 0.2) is 22.5 Å². The third-order valence-corrected chi connectivity index (χ3v) is 5.06.